The molecule has 0 heterocycles. The fourth-order valence-corrected chi connectivity index (χ4v) is 3.83. The van der Waals surface area contributed by atoms with E-state index in [2.05, 4.69) is 12.2 Å². The molecule has 0 saturated heterocycles. The van der Waals surface area contributed by atoms with Crippen LogP contribution in [-0.4, -0.2) is 42.2 Å². The third kappa shape index (κ3) is 7.75. The number of nitrogens with one attached hydrogen (secondary N) is 1. The lowest BCUT2D eigenvalue weighted by molar-refractivity contribution is -0.138. The Bertz CT molecular complexity index is 781. The van der Waals surface area contributed by atoms with Crippen LogP contribution in [0, 0.1) is 0 Å². The number of unbranched alkanes of at least 4 members (excludes halogenated alkanes) is 1. The molecule has 2 aromatic rings. The lowest BCUT2D eigenvalue weighted by Crippen LogP contribution is -2.48. The molecule has 2 aromatic carbocycles. The van der Waals surface area contributed by atoms with Gasteiger partial charge in [0.15, 0.2) is 0 Å². The summed E-state index contributed by atoms with van der Waals surface area (Å²) < 4.78 is 5.18. The van der Waals surface area contributed by atoms with Crippen molar-refractivity contribution in [3.05, 3.63) is 65.7 Å². The Morgan fingerprint density at radius 3 is 2.40 bits per heavy atom. The molecule has 0 fully saturated rings. The van der Waals surface area contributed by atoms with Crippen LogP contribution >= 0.6 is 11.8 Å². The molecule has 0 radical (unpaired) electrons. The molecule has 0 bridgehead atoms. The molecule has 0 saturated carbocycles. The third-order valence-corrected chi connectivity index (χ3v) is 5.83. The first-order valence-electron chi connectivity index (χ1n) is 10.4. The predicted molar refractivity (Wildman–Crippen MR) is 124 cm³/mol. The monoisotopic (exact) mass is 428 g/mol. The van der Waals surface area contributed by atoms with Crippen LogP contribution in [0.15, 0.2) is 54.6 Å². The first-order chi connectivity index (χ1) is 14.5. The molecular weight excluding hydrogens is 396 g/mol. The Morgan fingerprint density at radius 1 is 1.07 bits per heavy atom. The summed E-state index contributed by atoms with van der Waals surface area (Å²) in [5.74, 6) is 1.73. The fourth-order valence-electron chi connectivity index (χ4n) is 2.96. The highest BCUT2D eigenvalue weighted by molar-refractivity contribution is 7.99. The van der Waals surface area contributed by atoms with E-state index in [1.165, 1.54) is 0 Å². The summed E-state index contributed by atoms with van der Waals surface area (Å²) in [6.07, 6.45) is 1.95. The lowest BCUT2D eigenvalue weighted by Gasteiger charge is -2.28. The Hall–Kier alpha value is -2.47. The van der Waals surface area contributed by atoms with Gasteiger partial charge in [0.25, 0.3) is 0 Å². The van der Waals surface area contributed by atoms with Crippen molar-refractivity contribution in [2.75, 3.05) is 19.4 Å². The zero-order valence-electron chi connectivity index (χ0n) is 18.1. The molecule has 2 rings (SSSR count). The van der Waals surface area contributed by atoms with Crippen LogP contribution in [0.25, 0.3) is 0 Å². The number of benzene rings is 2. The van der Waals surface area contributed by atoms with E-state index in [9.17, 15) is 9.59 Å². The zero-order valence-corrected chi connectivity index (χ0v) is 18.9. The van der Waals surface area contributed by atoms with Crippen LogP contribution < -0.4 is 10.1 Å². The van der Waals surface area contributed by atoms with Gasteiger partial charge in [0, 0.05) is 18.8 Å². The maximum atomic E-state index is 13.0. The number of methoxy groups -OCH3 is 1. The second-order valence-corrected chi connectivity index (χ2v) is 8.15. The number of carbonyl (C=O) groups is 2. The predicted octanol–water partition coefficient (Wildman–Crippen LogP) is 4.26. The van der Waals surface area contributed by atoms with Crippen LogP contribution in [0.2, 0.25) is 0 Å². The van der Waals surface area contributed by atoms with Gasteiger partial charge in [0.1, 0.15) is 11.8 Å². The van der Waals surface area contributed by atoms with E-state index in [1.807, 2.05) is 54.6 Å². The highest BCUT2D eigenvalue weighted by atomic mass is 32.2. The molecule has 30 heavy (non-hydrogen) atoms. The number of thioether (sulfide) groups is 1. The van der Waals surface area contributed by atoms with E-state index >= 15 is 0 Å². The van der Waals surface area contributed by atoms with Crippen molar-refractivity contribution in [1.82, 2.24) is 10.2 Å². The van der Waals surface area contributed by atoms with Crippen LogP contribution in [0.4, 0.5) is 0 Å². The van der Waals surface area contributed by atoms with Gasteiger partial charge in [0.05, 0.1) is 12.9 Å². The molecule has 1 N–H and O–H groups in total. The molecule has 0 aromatic heterocycles. The number of rotatable bonds is 12. The van der Waals surface area contributed by atoms with Crippen molar-refractivity contribution in [3.63, 3.8) is 0 Å². The average molecular weight is 429 g/mol. The van der Waals surface area contributed by atoms with E-state index in [-0.39, 0.29) is 11.8 Å². The van der Waals surface area contributed by atoms with Crippen molar-refractivity contribution in [2.24, 2.45) is 0 Å². The molecule has 0 unspecified atom stereocenters. The van der Waals surface area contributed by atoms with Gasteiger partial charge in [-0.05, 0) is 36.6 Å². The van der Waals surface area contributed by atoms with E-state index < -0.39 is 6.04 Å². The first-order valence-corrected chi connectivity index (χ1v) is 11.5. The van der Waals surface area contributed by atoms with Gasteiger partial charge in [0.2, 0.25) is 11.8 Å². The maximum Gasteiger partial charge on any atom is 0.242 e. The van der Waals surface area contributed by atoms with Crippen molar-refractivity contribution in [3.8, 4) is 5.75 Å². The second kappa shape index (κ2) is 13.0. The molecule has 0 spiro atoms. The summed E-state index contributed by atoms with van der Waals surface area (Å²) in [6, 6.07) is 17.1. The number of ether oxygens (including phenoxy) is 1. The topological polar surface area (TPSA) is 58.6 Å². The Kier molecular flexibility index (Phi) is 10.3. The summed E-state index contributed by atoms with van der Waals surface area (Å²) in [5, 5.41) is 2.95. The van der Waals surface area contributed by atoms with Gasteiger partial charge in [-0.3, -0.25) is 9.59 Å². The van der Waals surface area contributed by atoms with E-state index in [0.717, 1.165) is 35.5 Å². The lowest BCUT2D eigenvalue weighted by atomic mass is 10.1. The highest BCUT2D eigenvalue weighted by Crippen LogP contribution is 2.18. The summed E-state index contributed by atoms with van der Waals surface area (Å²) in [7, 11) is 1.64. The van der Waals surface area contributed by atoms with Gasteiger partial charge in [-0.15, -0.1) is 11.8 Å². The molecule has 162 valence electrons. The second-order valence-electron chi connectivity index (χ2n) is 7.17. The minimum atomic E-state index is -0.517. The smallest absolute Gasteiger partial charge is 0.242 e. The quantitative estimate of drug-likeness (QED) is 0.513. The van der Waals surface area contributed by atoms with Crippen molar-refractivity contribution in [1.29, 1.82) is 0 Å². The van der Waals surface area contributed by atoms with Gasteiger partial charge in [-0.25, -0.2) is 0 Å². The van der Waals surface area contributed by atoms with E-state index in [0.29, 0.717) is 18.8 Å². The van der Waals surface area contributed by atoms with Crippen molar-refractivity contribution in [2.45, 2.75) is 45.0 Å². The highest BCUT2D eigenvalue weighted by Gasteiger charge is 2.25. The Labute approximate surface area is 184 Å². The summed E-state index contributed by atoms with van der Waals surface area (Å²) in [5.41, 5.74) is 2.15. The molecular formula is C24H32N2O3S. The number of carbonyl (C=O) groups excluding carboxylic acids is 2. The molecule has 6 heteroatoms. The summed E-state index contributed by atoms with van der Waals surface area (Å²) in [6.45, 7) is 4.95. The van der Waals surface area contributed by atoms with Crippen LogP contribution in [-0.2, 0) is 21.9 Å². The third-order valence-electron chi connectivity index (χ3n) is 4.85. The van der Waals surface area contributed by atoms with Gasteiger partial charge in [-0.2, -0.15) is 0 Å². The maximum absolute atomic E-state index is 13.0. The number of amides is 2. The molecule has 1 atom stereocenters. The summed E-state index contributed by atoms with van der Waals surface area (Å²) in [4.78, 5) is 27.3. The SMILES string of the molecule is CCCCNC(=O)[C@H](C)N(Cc1ccccc1)C(=O)CSCc1ccc(OC)cc1. The number of nitrogens with zero attached hydrogens (tertiary/aromatic N) is 1. The fraction of sp³-hybridized carbons (Fsp3) is 0.417. The average Bonchev–Trinajstić information content (AvgIpc) is 2.78. The zero-order chi connectivity index (χ0) is 21.8. The Balaban J connectivity index is 1.98. The van der Waals surface area contributed by atoms with Gasteiger partial charge in [-0.1, -0.05) is 55.8 Å². The van der Waals surface area contributed by atoms with Crippen molar-refractivity contribution >= 4 is 23.6 Å². The number of hydrogen-bond donors (Lipinski definition) is 1. The van der Waals surface area contributed by atoms with Crippen LogP contribution in [0.3, 0.4) is 0 Å². The molecule has 0 aliphatic carbocycles. The van der Waals surface area contributed by atoms with Gasteiger partial charge >= 0.3 is 0 Å². The molecule has 2 amide bonds. The van der Waals surface area contributed by atoms with E-state index in [1.54, 1.807) is 30.7 Å². The molecule has 0 aliphatic heterocycles. The largest absolute Gasteiger partial charge is 0.497 e. The summed E-state index contributed by atoms with van der Waals surface area (Å²) >= 11 is 1.55. The number of hydrogen-bond acceptors (Lipinski definition) is 4. The molecule has 0 aliphatic rings. The van der Waals surface area contributed by atoms with Gasteiger partial charge < -0.3 is 15.0 Å². The Morgan fingerprint density at radius 2 is 1.77 bits per heavy atom. The molecule has 5 nitrogen and oxygen atoms in total. The van der Waals surface area contributed by atoms with E-state index in [4.69, 9.17) is 4.74 Å². The van der Waals surface area contributed by atoms with Crippen molar-refractivity contribution < 1.29 is 14.3 Å². The minimum absolute atomic E-state index is 0.0319. The first kappa shape index (κ1) is 23.8. The minimum Gasteiger partial charge on any atom is -0.497 e. The van der Waals surface area contributed by atoms with Crippen LogP contribution in [0.1, 0.15) is 37.8 Å². The van der Waals surface area contributed by atoms with Crippen LogP contribution in [0.5, 0.6) is 5.75 Å². The normalized spacial score (nSPS) is 11.6. The standard InChI is InChI=1S/C24H32N2O3S/c1-4-5-15-25-24(28)19(2)26(16-20-9-7-6-8-10-20)23(27)18-30-17-21-11-13-22(29-3)14-12-21/h6-14,19H,4-5,15-18H2,1-3H3,(H,25,28)/t19-/m0/s1.